The summed E-state index contributed by atoms with van der Waals surface area (Å²) in [7, 11) is 0. The Morgan fingerprint density at radius 3 is 0.778 bits per heavy atom. The third kappa shape index (κ3) is 5.76. The van der Waals surface area contributed by atoms with Crippen LogP contribution in [-0.4, -0.2) is 0 Å². The van der Waals surface area contributed by atoms with Crippen LogP contribution in [0.25, 0.3) is 0 Å². The van der Waals surface area contributed by atoms with Gasteiger partial charge in [-0.15, -0.1) is 0 Å². The molecule has 0 heteroatoms. The van der Waals surface area contributed by atoms with E-state index in [4.69, 9.17) is 0 Å². The van der Waals surface area contributed by atoms with Crippen molar-refractivity contribution in [2.24, 2.45) is 40.9 Å². The van der Waals surface area contributed by atoms with E-state index in [9.17, 15) is 0 Å². The minimum atomic E-state index is 0. The molecule has 0 aromatic rings. The molecule has 27 heavy (non-hydrogen) atoms. The fraction of sp³-hybridized carbons (Fsp3) is 1.00. The maximum absolute atomic E-state index is 2.46. The lowest BCUT2D eigenvalue weighted by Gasteiger charge is -2.35. The molecule has 7 fully saturated rings. The highest BCUT2D eigenvalue weighted by atomic mass is 14.5. The van der Waals surface area contributed by atoms with Crippen LogP contribution in [0.3, 0.4) is 0 Å². The third-order valence-electron chi connectivity index (χ3n) is 9.41. The van der Waals surface area contributed by atoms with Gasteiger partial charge in [-0.05, 0) is 73.0 Å². The van der Waals surface area contributed by atoms with Gasteiger partial charge in [0.15, 0.2) is 0 Å². The lowest BCUT2D eigenvalue weighted by atomic mass is 9.71. The molecule has 7 aliphatic carbocycles. The molecule has 6 bridgehead atoms. The zero-order valence-corrected chi connectivity index (χ0v) is 16.6. The van der Waals surface area contributed by atoms with Crippen molar-refractivity contribution in [3.8, 4) is 0 Å². The average molecular weight is 379 g/mol. The van der Waals surface area contributed by atoms with Gasteiger partial charge in [0.1, 0.15) is 0 Å². The van der Waals surface area contributed by atoms with Crippen LogP contribution in [0.4, 0.5) is 0 Å². The van der Waals surface area contributed by atoms with Gasteiger partial charge in [0.2, 0.25) is 0 Å². The van der Waals surface area contributed by atoms with E-state index in [1.165, 1.54) is 37.5 Å². The van der Waals surface area contributed by atoms with Gasteiger partial charge in [-0.3, -0.25) is 0 Å². The highest BCUT2D eigenvalue weighted by Crippen LogP contribution is 2.57. The molecule has 0 N–H and O–H groups in total. The summed E-state index contributed by atoms with van der Waals surface area (Å²) in [5.74, 6) is 6.82. The van der Waals surface area contributed by atoms with Crippen LogP contribution < -0.4 is 0 Å². The van der Waals surface area contributed by atoms with Crippen molar-refractivity contribution in [2.75, 3.05) is 0 Å². The van der Waals surface area contributed by atoms with Crippen molar-refractivity contribution in [1.82, 2.24) is 0 Å². The maximum atomic E-state index is 2.46. The van der Waals surface area contributed by atoms with Gasteiger partial charge in [-0.2, -0.15) is 0 Å². The minimum absolute atomic E-state index is 0. The molecule has 0 aromatic carbocycles. The topological polar surface area (TPSA) is 0 Å². The predicted molar refractivity (Wildman–Crippen MR) is 124 cm³/mol. The van der Waals surface area contributed by atoms with Crippen LogP contribution in [0.5, 0.6) is 0 Å². The first kappa shape index (κ1) is 25.0. The van der Waals surface area contributed by atoms with Crippen LogP contribution in [0.1, 0.15) is 132 Å². The van der Waals surface area contributed by atoms with Crippen LogP contribution in [0, 0.1) is 40.9 Å². The predicted octanol–water partition coefficient (Wildman–Crippen LogP) is 9.52. The minimum Gasteiger partial charge on any atom is -0.0776 e. The molecule has 0 unspecified atom stereocenters. The Labute approximate surface area is 173 Å². The van der Waals surface area contributed by atoms with Crippen molar-refractivity contribution < 1.29 is 0 Å². The van der Waals surface area contributed by atoms with E-state index in [-0.39, 0.29) is 22.3 Å². The molecule has 0 aromatic heterocycles. The van der Waals surface area contributed by atoms with E-state index < -0.39 is 0 Å². The SMILES string of the molecule is C.C.C.C1CC2CCC1C2.C1CC2CCC1CC2.CC1(C)C2CCC1CC2. The highest BCUT2D eigenvalue weighted by molar-refractivity contribution is 4.97. The van der Waals surface area contributed by atoms with E-state index in [0.717, 1.165) is 29.1 Å². The van der Waals surface area contributed by atoms with Crippen molar-refractivity contribution in [3.05, 3.63) is 0 Å². The zero-order valence-electron chi connectivity index (χ0n) is 16.6. The van der Waals surface area contributed by atoms with Gasteiger partial charge >= 0.3 is 0 Å². The fourth-order valence-corrected chi connectivity index (χ4v) is 7.37. The Kier molecular flexibility index (Phi) is 9.91. The largest absolute Gasteiger partial charge is 0.0776 e. The number of hydrogen-bond donors (Lipinski definition) is 0. The molecular weight excluding hydrogens is 324 g/mol. The monoisotopic (exact) mass is 378 g/mol. The fourth-order valence-electron chi connectivity index (χ4n) is 7.37. The summed E-state index contributed by atoms with van der Waals surface area (Å²) >= 11 is 0. The van der Waals surface area contributed by atoms with Gasteiger partial charge in [0, 0.05) is 0 Å². The molecule has 7 aliphatic rings. The Morgan fingerprint density at radius 1 is 0.407 bits per heavy atom. The summed E-state index contributed by atoms with van der Waals surface area (Å²) in [6, 6.07) is 0. The molecule has 0 amide bonds. The summed E-state index contributed by atoms with van der Waals surface area (Å²) in [5, 5.41) is 0. The van der Waals surface area contributed by atoms with Crippen molar-refractivity contribution in [1.29, 1.82) is 0 Å². The molecule has 0 spiro atoms. The number of fused-ring (bicyclic) bond motifs is 7. The molecular formula is C27H54. The van der Waals surface area contributed by atoms with Crippen LogP contribution in [0.15, 0.2) is 0 Å². The normalized spacial score (nSPS) is 41.1. The second kappa shape index (κ2) is 10.7. The van der Waals surface area contributed by atoms with E-state index in [0.29, 0.717) is 0 Å². The molecule has 0 nitrogen and oxygen atoms in total. The quantitative estimate of drug-likeness (QED) is 0.393. The smallest absolute Gasteiger partial charge is 0.0298 e. The molecule has 0 atom stereocenters. The summed E-state index contributed by atoms with van der Waals surface area (Å²) < 4.78 is 0. The molecule has 162 valence electrons. The molecule has 0 saturated heterocycles. The van der Waals surface area contributed by atoms with Crippen molar-refractivity contribution in [3.63, 3.8) is 0 Å². The Morgan fingerprint density at radius 2 is 0.667 bits per heavy atom. The lowest BCUT2D eigenvalue weighted by Crippen LogP contribution is -2.21. The molecule has 0 heterocycles. The van der Waals surface area contributed by atoms with E-state index in [2.05, 4.69) is 13.8 Å². The van der Waals surface area contributed by atoms with E-state index >= 15 is 0 Å². The highest BCUT2D eigenvalue weighted by Gasteiger charge is 2.47. The molecule has 0 radical (unpaired) electrons. The molecule has 0 aliphatic heterocycles. The summed E-state index contributed by atoms with van der Waals surface area (Å²) in [5.41, 5.74) is 0.722. The van der Waals surface area contributed by atoms with E-state index in [1.54, 1.807) is 70.6 Å². The van der Waals surface area contributed by atoms with Crippen LogP contribution in [0.2, 0.25) is 0 Å². The van der Waals surface area contributed by atoms with E-state index in [1.807, 2.05) is 0 Å². The Bertz CT molecular complexity index is 337. The summed E-state index contributed by atoms with van der Waals surface area (Å²) in [6.07, 6.45) is 23.3. The number of rotatable bonds is 0. The second-order valence-electron chi connectivity index (χ2n) is 11.0. The first-order valence-electron chi connectivity index (χ1n) is 11.6. The second-order valence-corrected chi connectivity index (χ2v) is 11.0. The summed E-state index contributed by atoms with van der Waals surface area (Å²) in [6.45, 7) is 4.92. The van der Waals surface area contributed by atoms with Gasteiger partial charge in [-0.1, -0.05) is 100 Å². The first-order chi connectivity index (χ1) is 11.6. The van der Waals surface area contributed by atoms with Gasteiger partial charge in [0.05, 0.1) is 0 Å². The maximum Gasteiger partial charge on any atom is -0.0298 e. The number of hydrogen-bond acceptors (Lipinski definition) is 0. The van der Waals surface area contributed by atoms with Crippen LogP contribution >= 0.6 is 0 Å². The van der Waals surface area contributed by atoms with Crippen LogP contribution in [-0.2, 0) is 0 Å². The van der Waals surface area contributed by atoms with Gasteiger partial charge in [-0.25, -0.2) is 0 Å². The molecule has 7 saturated carbocycles. The lowest BCUT2D eigenvalue weighted by molar-refractivity contribution is 0.176. The standard InChI is InChI=1S/C9H16.C8H14.C7H12.3CH4/c1-9(2)7-3-4-8(9)6-5-7;1-2-8-5-3-7(1)4-6-8;1-2-7-4-3-6(1)5-7;;;/h7-8H,3-6H2,1-2H3;7-8H,1-6H2;6-7H,1-5H2;3*1H4. The van der Waals surface area contributed by atoms with Crippen molar-refractivity contribution in [2.45, 2.75) is 132 Å². The Hall–Kier alpha value is 0. The van der Waals surface area contributed by atoms with Gasteiger partial charge < -0.3 is 0 Å². The van der Waals surface area contributed by atoms with Gasteiger partial charge in [0.25, 0.3) is 0 Å². The summed E-state index contributed by atoms with van der Waals surface area (Å²) in [4.78, 5) is 0. The third-order valence-corrected chi connectivity index (χ3v) is 9.41. The Balaban J connectivity index is 0.000000193. The van der Waals surface area contributed by atoms with Crippen molar-refractivity contribution >= 4 is 0 Å². The zero-order chi connectivity index (χ0) is 16.6. The average Bonchev–Trinajstić information content (AvgIpc) is 3.41. The molecule has 7 rings (SSSR count). The first-order valence-corrected chi connectivity index (χ1v) is 11.6.